The van der Waals surface area contributed by atoms with Gasteiger partial charge in [0, 0.05) is 32.1 Å². The molecule has 1 aromatic heterocycles. The van der Waals surface area contributed by atoms with E-state index in [9.17, 15) is 23.1 Å². The van der Waals surface area contributed by atoms with Gasteiger partial charge in [0.25, 0.3) is 5.91 Å². The number of amides is 1. The summed E-state index contributed by atoms with van der Waals surface area (Å²) in [5.41, 5.74) is -0.0330. The molecule has 2 aliphatic rings. The molecule has 0 spiro atoms. The zero-order chi connectivity index (χ0) is 20.6. The Morgan fingerprint density at radius 3 is 2.55 bits per heavy atom. The Morgan fingerprint density at radius 2 is 1.90 bits per heavy atom. The predicted molar refractivity (Wildman–Crippen MR) is 94.8 cm³/mol. The fourth-order valence-corrected chi connectivity index (χ4v) is 3.70. The number of rotatable bonds is 3. The molecule has 0 radical (unpaired) electrons. The van der Waals surface area contributed by atoms with Crippen LogP contribution in [0.15, 0.2) is 28.7 Å². The molecule has 2 aromatic rings. The molecule has 1 unspecified atom stereocenters. The number of fused-ring (bicyclic) bond motifs is 1. The number of hydrogen-bond donors (Lipinski definition) is 1. The Hall–Kier alpha value is -2.39. The van der Waals surface area contributed by atoms with Crippen molar-refractivity contribution in [3.05, 3.63) is 52.7 Å². The quantitative estimate of drug-likeness (QED) is 0.841. The molecule has 29 heavy (non-hydrogen) atoms. The molecule has 1 aromatic carbocycles. The molecule has 1 saturated heterocycles. The van der Waals surface area contributed by atoms with Crippen LogP contribution >= 0.6 is 0 Å². The highest BCUT2D eigenvalue weighted by molar-refractivity contribution is 5.82. The number of alkyl halides is 3. The van der Waals surface area contributed by atoms with Crippen LogP contribution in [0.25, 0.3) is 0 Å². The fraction of sp³-hybridized carbons (Fsp3) is 0.500. The smallest absolute Gasteiger partial charge is 0.416 e. The van der Waals surface area contributed by atoms with E-state index in [0.717, 1.165) is 42.9 Å². The van der Waals surface area contributed by atoms with E-state index in [1.54, 1.807) is 0 Å². The number of nitrogens with zero attached hydrogens (tertiary/aromatic N) is 2. The lowest BCUT2D eigenvalue weighted by Gasteiger charge is -2.27. The lowest BCUT2D eigenvalue weighted by atomic mass is 10.0. The highest BCUT2D eigenvalue weighted by atomic mass is 19.4. The van der Waals surface area contributed by atoms with Crippen molar-refractivity contribution in [3.63, 3.8) is 0 Å². The second-order valence-corrected chi connectivity index (χ2v) is 7.34. The normalized spacial score (nSPS) is 19.1. The van der Waals surface area contributed by atoms with Crippen molar-refractivity contribution in [3.8, 4) is 0 Å². The van der Waals surface area contributed by atoms with Crippen molar-refractivity contribution in [1.82, 2.24) is 9.88 Å². The van der Waals surface area contributed by atoms with Gasteiger partial charge in [0.2, 0.25) is 0 Å². The number of halogens is 3. The molecule has 1 atom stereocenters. The Bertz CT molecular complexity index is 873. The van der Waals surface area contributed by atoms with E-state index in [0.29, 0.717) is 37.8 Å². The van der Waals surface area contributed by atoms with Crippen molar-refractivity contribution in [2.75, 3.05) is 19.8 Å². The topological polar surface area (TPSA) is 75.8 Å². The van der Waals surface area contributed by atoms with Crippen molar-refractivity contribution in [1.29, 1.82) is 0 Å². The number of aliphatic hydroxyl groups excluding tert-OH is 1. The molecular weight excluding hydrogens is 389 g/mol. The van der Waals surface area contributed by atoms with Crippen molar-refractivity contribution in [2.24, 2.45) is 0 Å². The Balaban J connectivity index is 1.44. The fourth-order valence-electron chi connectivity index (χ4n) is 3.70. The number of carbonyl (C=O) groups is 1. The zero-order valence-electron chi connectivity index (χ0n) is 15.6. The zero-order valence-corrected chi connectivity index (χ0v) is 15.6. The third-order valence-corrected chi connectivity index (χ3v) is 5.41. The number of aliphatic hydroxyl groups is 1. The summed E-state index contributed by atoms with van der Waals surface area (Å²) in [7, 11) is 0. The molecule has 1 fully saturated rings. The highest BCUT2D eigenvalue weighted by Crippen LogP contribution is 2.32. The molecule has 0 saturated carbocycles. The minimum atomic E-state index is -4.47. The number of benzene rings is 1. The van der Waals surface area contributed by atoms with Crippen LogP contribution in [-0.2, 0) is 28.7 Å². The van der Waals surface area contributed by atoms with E-state index in [-0.39, 0.29) is 18.0 Å². The maximum Gasteiger partial charge on any atom is 0.416 e. The average Bonchev–Trinajstić information content (AvgIpc) is 3.16. The van der Waals surface area contributed by atoms with Crippen LogP contribution in [0.1, 0.15) is 53.3 Å². The molecule has 3 heterocycles. The molecular formula is C20H21F3N2O4. The average molecular weight is 410 g/mol. The molecule has 9 heteroatoms. The van der Waals surface area contributed by atoms with Gasteiger partial charge in [-0.05, 0) is 30.5 Å². The predicted octanol–water partition coefficient (Wildman–Crippen LogP) is 3.21. The number of carbonyl (C=O) groups excluding carboxylic acids is 1. The number of aromatic nitrogens is 1. The summed E-state index contributed by atoms with van der Waals surface area (Å²) in [6.45, 7) is 1.90. The monoisotopic (exact) mass is 410 g/mol. The van der Waals surface area contributed by atoms with Gasteiger partial charge in [-0.25, -0.2) is 4.98 Å². The Morgan fingerprint density at radius 1 is 1.21 bits per heavy atom. The van der Waals surface area contributed by atoms with E-state index in [4.69, 9.17) is 9.15 Å². The maximum absolute atomic E-state index is 12.7. The summed E-state index contributed by atoms with van der Waals surface area (Å²) in [6, 6.07) is 3.97. The van der Waals surface area contributed by atoms with Gasteiger partial charge < -0.3 is 19.2 Å². The van der Waals surface area contributed by atoms with Gasteiger partial charge in [-0.3, -0.25) is 4.79 Å². The van der Waals surface area contributed by atoms with Gasteiger partial charge in [0.1, 0.15) is 11.5 Å². The molecule has 0 aliphatic carbocycles. The third kappa shape index (κ3) is 4.16. The first-order chi connectivity index (χ1) is 13.8. The van der Waals surface area contributed by atoms with Gasteiger partial charge in [-0.15, -0.1) is 0 Å². The van der Waals surface area contributed by atoms with Crippen molar-refractivity contribution in [2.45, 2.75) is 44.0 Å². The summed E-state index contributed by atoms with van der Waals surface area (Å²) >= 11 is 0. The lowest BCUT2D eigenvalue weighted by Crippen LogP contribution is -2.39. The van der Waals surface area contributed by atoms with Crippen molar-refractivity contribution < 1.29 is 32.2 Å². The first-order valence-electron chi connectivity index (χ1n) is 9.53. The molecule has 0 bridgehead atoms. The van der Waals surface area contributed by atoms with Gasteiger partial charge in [-0.1, -0.05) is 12.1 Å². The maximum atomic E-state index is 12.7. The summed E-state index contributed by atoms with van der Waals surface area (Å²) in [5, 5.41) is 10.4. The summed E-state index contributed by atoms with van der Waals surface area (Å²) in [6.07, 6.45) is -3.83. The highest BCUT2D eigenvalue weighted by Gasteiger charge is 2.33. The van der Waals surface area contributed by atoms with Gasteiger partial charge in [0.05, 0.1) is 12.1 Å². The Kier molecular flexibility index (Phi) is 5.35. The molecule has 1 N–H and O–H groups in total. The van der Waals surface area contributed by atoms with Crippen LogP contribution < -0.4 is 0 Å². The van der Waals surface area contributed by atoms with E-state index >= 15 is 0 Å². The Labute approximate surface area is 165 Å². The second kappa shape index (κ2) is 7.79. The largest absolute Gasteiger partial charge is 0.445 e. The van der Waals surface area contributed by atoms with E-state index < -0.39 is 23.8 Å². The van der Waals surface area contributed by atoms with E-state index in [1.165, 1.54) is 4.90 Å². The number of oxazole rings is 1. The summed E-state index contributed by atoms with van der Waals surface area (Å²) in [5.74, 6) is 1.05. The van der Waals surface area contributed by atoms with Crippen LogP contribution in [0.3, 0.4) is 0 Å². The molecule has 156 valence electrons. The van der Waals surface area contributed by atoms with Crippen LogP contribution in [0.2, 0.25) is 0 Å². The van der Waals surface area contributed by atoms with Gasteiger partial charge >= 0.3 is 6.18 Å². The second-order valence-electron chi connectivity index (χ2n) is 7.34. The first-order valence-corrected chi connectivity index (χ1v) is 9.53. The molecule has 6 nitrogen and oxygen atoms in total. The van der Waals surface area contributed by atoms with Gasteiger partial charge in [-0.2, -0.15) is 13.2 Å². The summed E-state index contributed by atoms with van der Waals surface area (Å²) in [4.78, 5) is 18.7. The molecule has 2 aliphatic heterocycles. The lowest BCUT2D eigenvalue weighted by molar-refractivity contribution is -0.141. The minimum Gasteiger partial charge on any atom is -0.445 e. The summed E-state index contributed by atoms with van der Waals surface area (Å²) < 4.78 is 49.3. The van der Waals surface area contributed by atoms with Crippen LogP contribution in [-0.4, -0.2) is 40.7 Å². The molecule has 4 rings (SSSR count). The minimum absolute atomic E-state index is 0.122. The van der Waals surface area contributed by atoms with Crippen LogP contribution in [0.4, 0.5) is 13.2 Å². The van der Waals surface area contributed by atoms with E-state index in [2.05, 4.69) is 4.98 Å². The number of ether oxygens (including phenoxy) is 1. The number of hydrogen-bond acceptors (Lipinski definition) is 5. The standard InChI is InChI=1S/C20H21F3N2O4/c21-20(22,23)14-3-1-12(2-4-14)17(26)19(27)25-8-5-16-15(11-25)24-18(29-16)13-6-9-28-10-7-13/h1-4,13,17,26H,5-11H2. The first kappa shape index (κ1) is 19.9. The van der Waals surface area contributed by atoms with E-state index in [1.807, 2.05) is 0 Å². The van der Waals surface area contributed by atoms with Crippen molar-refractivity contribution >= 4 is 5.91 Å². The van der Waals surface area contributed by atoms with Crippen LogP contribution in [0.5, 0.6) is 0 Å². The SMILES string of the molecule is O=C(C(O)c1ccc(C(F)(F)F)cc1)N1CCc2oc(C3CCOCC3)nc2C1. The third-order valence-electron chi connectivity index (χ3n) is 5.41. The molecule has 1 amide bonds. The van der Waals surface area contributed by atoms with Gasteiger partial charge in [0.15, 0.2) is 12.0 Å². The van der Waals surface area contributed by atoms with Crippen LogP contribution in [0, 0.1) is 0 Å².